The van der Waals surface area contributed by atoms with Gasteiger partial charge in [-0.15, -0.1) is 10.2 Å². The highest BCUT2D eigenvalue weighted by Crippen LogP contribution is 2.34. The van der Waals surface area contributed by atoms with Gasteiger partial charge >= 0.3 is 0 Å². The minimum Gasteiger partial charge on any atom is -0.217 e. The van der Waals surface area contributed by atoms with Crippen LogP contribution in [0.25, 0.3) is 22.1 Å². The standard InChI is InChI=1S/C23H30N6/c1-11-13(3)17(7)21-19(15(11)5)24-26-28(21)23(9,10)29-22-18(8)14(4)12(2)16(6)20(22)25-27-29/h1-10H3. The Bertz CT molecular complexity index is 1200. The number of aromatic nitrogens is 6. The van der Waals surface area contributed by atoms with E-state index >= 15 is 0 Å². The first-order valence-electron chi connectivity index (χ1n) is 10.1. The second-order valence-electron chi connectivity index (χ2n) is 8.89. The zero-order valence-corrected chi connectivity index (χ0v) is 19.2. The van der Waals surface area contributed by atoms with Gasteiger partial charge in [0.2, 0.25) is 0 Å². The SMILES string of the molecule is Cc1c(C)c(C)c2c(nnn2C(C)(C)n2nnc3c(C)c(C)c(C)c(C)c32)c1C. The van der Waals surface area contributed by atoms with Crippen LogP contribution in [0.15, 0.2) is 0 Å². The zero-order valence-electron chi connectivity index (χ0n) is 19.2. The van der Waals surface area contributed by atoms with E-state index < -0.39 is 5.66 Å². The number of fused-ring (bicyclic) bond motifs is 2. The fourth-order valence-corrected chi connectivity index (χ4v) is 4.43. The van der Waals surface area contributed by atoms with Crippen molar-refractivity contribution < 1.29 is 0 Å². The molecule has 0 aliphatic heterocycles. The number of hydrogen-bond acceptors (Lipinski definition) is 4. The molecule has 0 spiro atoms. The van der Waals surface area contributed by atoms with Crippen LogP contribution in [0.5, 0.6) is 0 Å². The Hall–Kier alpha value is -2.76. The quantitative estimate of drug-likeness (QED) is 0.489. The maximum Gasteiger partial charge on any atom is 0.153 e. The van der Waals surface area contributed by atoms with Crippen molar-refractivity contribution >= 4 is 22.1 Å². The molecule has 0 amide bonds. The lowest BCUT2D eigenvalue weighted by Gasteiger charge is -2.28. The van der Waals surface area contributed by atoms with Gasteiger partial charge in [-0.1, -0.05) is 10.4 Å². The molecule has 0 fully saturated rings. The van der Waals surface area contributed by atoms with Crippen LogP contribution >= 0.6 is 0 Å². The fourth-order valence-electron chi connectivity index (χ4n) is 4.43. The topological polar surface area (TPSA) is 61.4 Å². The molecule has 4 aromatic rings. The van der Waals surface area contributed by atoms with Gasteiger partial charge in [0.1, 0.15) is 11.0 Å². The van der Waals surface area contributed by atoms with E-state index in [1.807, 2.05) is 9.36 Å². The summed E-state index contributed by atoms with van der Waals surface area (Å²) in [5, 5.41) is 18.3. The monoisotopic (exact) mass is 390 g/mol. The molecule has 0 bridgehead atoms. The summed E-state index contributed by atoms with van der Waals surface area (Å²) < 4.78 is 4.02. The predicted molar refractivity (Wildman–Crippen MR) is 118 cm³/mol. The molecule has 0 atom stereocenters. The summed E-state index contributed by atoms with van der Waals surface area (Å²) >= 11 is 0. The van der Waals surface area contributed by atoms with E-state index in [9.17, 15) is 0 Å². The van der Waals surface area contributed by atoms with Gasteiger partial charge in [0, 0.05) is 0 Å². The lowest BCUT2D eigenvalue weighted by Crippen LogP contribution is -2.37. The molecule has 4 rings (SSSR count). The van der Waals surface area contributed by atoms with Crippen molar-refractivity contribution in [3.63, 3.8) is 0 Å². The number of aryl methyl sites for hydroxylation is 4. The molecule has 0 unspecified atom stereocenters. The van der Waals surface area contributed by atoms with Crippen molar-refractivity contribution in [2.45, 2.75) is 74.9 Å². The second-order valence-corrected chi connectivity index (χ2v) is 8.89. The molecule has 152 valence electrons. The van der Waals surface area contributed by atoms with E-state index in [2.05, 4.69) is 89.9 Å². The molecule has 0 saturated carbocycles. The fraction of sp³-hybridized carbons (Fsp3) is 0.478. The smallest absolute Gasteiger partial charge is 0.153 e. The first-order chi connectivity index (χ1) is 13.5. The molecule has 0 saturated heterocycles. The molecule has 0 aliphatic rings. The third-order valence-electron chi connectivity index (χ3n) is 7.17. The van der Waals surface area contributed by atoms with Crippen molar-refractivity contribution in [1.29, 1.82) is 0 Å². The van der Waals surface area contributed by atoms with Crippen LogP contribution in [0, 0.1) is 55.4 Å². The van der Waals surface area contributed by atoms with Crippen molar-refractivity contribution in [1.82, 2.24) is 30.0 Å². The number of hydrogen-bond donors (Lipinski definition) is 0. The minimum atomic E-state index is -0.568. The van der Waals surface area contributed by atoms with Crippen LogP contribution in [0.3, 0.4) is 0 Å². The Labute approximate surface area is 171 Å². The van der Waals surface area contributed by atoms with Gasteiger partial charge in [-0.3, -0.25) is 0 Å². The van der Waals surface area contributed by atoms with Crippen molar-refractivity contribution in [2.75, 3.05) is 0 Å². The number of benzene rings is 2. The van der Waals surface area contributed by atoms with Crippen LogP contribution in [-0.2, 0) is 5.66 Å². The Morgan fingerprint density at radius 2 is 0.793 bits per heavy atom. The third kappa shape index (κ3) is 2.41. The van der Waals surface area contributed by atoms with E-state index in [0.717, 1.165) is 22.1 Å². The summed E-state index contributed by atoms with van der Waals surface area (Å²) in [5.41, 5.74) is 13.4. The molecule has 0 N–H and O–H groups in total. The van der Waals surface area contributed by atoms with Gasteiger partial charge in [-0.2, -0.15) is 0 Å². The summed E-state index contributed by atoms with van der Waals surface area (Å²) in [5.74, 6) is 0. The molecular weight excluding hydrogens is 360 g/mol. The van der Waals surface area contributed by atoms with Crippen LogP contribution in [0.2, 0.25) is 0 Å². The van der Waals surface area contributed by atoms with Crippen LogP contribution < -0.4 is 0 Å². The normalized spacial score (nSPS) is 12.5. The Balaban J connectivity index is 2.08. The molecule has 2 aromatic heterocycles. The average molecular weight is 391 g/mol. The summed E-state index contributed by atoms with van der Waals surface area (Å²) in [6.45, 7) is 21.5. The third-order valence-corrected chi connectivity index (χ3v) is 7.17. The van der Waals surface area contributed by atoms with Gasteiger partial charge in [0.15, 0.2) is 5.66 Å². The summed E-state index contributed by atoms with van der Waals surface area (Å²) in [4.78, 5) is 0. The average Bonchev–Trinajstić information content (AvgIpc) is 3.33. The van der Waals surface area contributed by atoms with E-state index in [1.54, 1.807) is 0 Å². The molecule has 2 aromatic carbocycles. The van der Waals surface area contributed by atoms with Gasteiger partial charge in [-0.25, -0.2) is 9.36 Å². The first kappa shape index (κ1) is 19.6. The Kier molecular flexibility index (Phi) is 4.12. The lowest BCUT2D eigenvalue weighted by molar-refractivity contribution is 0.242. The van der Waals surface area contributed by atoms with E-state index in [0.29, 0.717) is 0 Å². The summed E-state index contributed by atoms with van der Waals surface area (Å²) in [6.07, 6.45) is 0. The van der Waals surface area contributed by atoms with Crippen molar-refractivity contribution in [2.24, 2.45) is 0 Å². The first-order valence-corrected chi connectivity index (χ1v) is 10.1. The number of rotatable bonds is 2. The van der Waals surface area contributed by atoms with Gasteiger partial charge in [0.25, 0.3) is 0 Å². The highest BCUT2D eigenvalue weighted by molar-refractivity contribution is 5.86. The molecular formula is C23H30N6. The van der Waals surface area contributed by atoms with Crippen LogP contribution in [0.4, 0.5) is 0 Å². The second kappa shape index (κ2) is 6.12. The molecule has 29 heavy (non-hydrogen) atoms. The number of nitrogens with zero attached hydrogens (tertiary/aromatic N) is 6. The summed E-state index contributed by atoms with van der Waals surface area (Å²) in [6, 6.07) is 0. The lowest BCUT2D eigenvalue weighted by atomic mass is 9.96. The van der Waals surface area contributed by atoms with Crippen LogP contribution in [-0.4, -0.2) is 30.0 Å². The van der Waals surface area contributed by atoms with E-state index in [-0.39, 0.29) is 0 Å². The summed E-state index contributed by atoms with van der Waals surface area (Å²) in [7, 11) is 0. The van der Waals surface area contributed by atoms with Gasteiger partial charge < -0.3 is 0 Å². The van der Waals surface area contributed by atoms with Crippen molar-refractivity contribution in [3.05, 3.63) is 44.5 Å². The predicted octanol–water partition coefficient (Wildman–Crippen LogP) is 4.88. The van der Waals surface area contributed by atoms with Gasteiger partial charge in [0.05, 0.1) is 11.0 Å². The maximum atomic E-state index is 4.60. The van der Waals surface area contributed by atoms with Gasteiger partial charge in [-0.05, 0) is 114 Å². The zero-order chi connectivity index (χ0) is 21.4. The largest absolute Gasteiger partial charge is 0.217 e. The Morgan fingerprint density at radius 3 is 1.14 bits per heavy atom. The Morgan fingerprint density at radius 1 is 0.483 bits per heavy atom. The highest BCUT2D eigenvalue weighted by atomic mass is 15.6. The van der Waals surface area contributed by atoms with E-state index in [1.165, 1.54) is 44.5 Å². The highest BCUT2D eigenvalue weighted by Gasteiger charge is 2.32. The maximum absolute atomic E-state index is 4.60. The van der Waals surface area contributed by atoms with E-state index in [4.69, 9.17) is 0 Å². The van der Waals surface area contributed by atoms with Crippen LogP contribution in [0.1, 0.15) is 58.4 Å². The minimum absolute atomic E-state index is 0.568. The van der Waals surface area contributed by atoms with Crippen molar-refractivity contribution in [3.8, 4) is 0 Å². The molecule has 6 heteroatoms. The molecule has 2 heterocycles. The molecule has 0 radical (unpaired) electrons. The molecule has 6 nitrogen and oxygen atoms in total. The molecule has 0 aliphatic carbocycles.